The van der Waals surface area contributed by atoms with Crippen LogP contribution in [-0.4, -0.2) is 37.1 Å². The maximum atomic E-state index is 12.5. The van der Waals surface area contributed by atoms with E-state index in [2.05, 4.69) is 17.6 Å². The Balaban J connectivity index is 1.65. The van der Waals surface area contributed by atoms with Crippen molar-refractivity contribution in [2.45, 2.75) is 33.1 Å². The van der Waals surface area contributed by atoms with E-state index in [1.54, 1.807) is 6.92 Å². The number of amides is 3. The van der Waals surface area contributed by atoms with Gasteiger partial charge in [-0.05, 0) is 61.9 Å². The minimum atomic E-state index is -0.719. The number of carbonyl (C=O) groups excluding carboxylic acids is 4. The highest BCUT2D eigenvalue weighted by molar-refractivity contribution is 7.17. The minimum Gasteiger partial charge on any atom is -0.462 e. The summed E-state index contributed by atoms with van der Waals surface area (Å²) >= 11 is 1.37. The first-order chi connectivity index (χ1) is 15.3. The van der Waals surface area contributed by atoms with E-state index in [1.165, 1.54) is 35.6 Å². The Morgan fingerprint density at radius 2 is 1.81 bits per heavy atom. The molecular formula is C22H25N3O6S. The van der Waals surface area contributed by atoms with Gasteiger partial charge in [0.2, 0.25) is 0 Å². The van der Waals surface area contributed by atoms with Crippen molar-refractivity contribution in [1.29, 1.82) is 0 Å². The van der Waals surface area contributed by atoms with Crippen molar-refractivity contribution < 1.29 is 28.7 Å². The number of urea groups is 1. The number of esters is 2. The number of benzene rings is 1. The normalized spacial score (nSPS) is 14.8. The predicted molar refractivity (Wildman–Crippen MR) is 120 cm³/mol. The maximum Gasteiger partial charge on any atom is 0.341 e. The van der Waals surface area contributed by atoms with Crippen molar-refractivity contribution in [3.63, 3.8) is 0 Å². The van der Waals surface area contributed by atoms with E-state index in [9.17, 15) is 19.2 Å². The van der Waals surface area contributed by atoms with Crippen molar-refractivity contribution in [3.05, 3.63) is 45.8 Å². The van der Waals surface area contributed by atoms with Crippen LogP contribution in [0.25, 0.3) is 0 Å². The highest BCUT2D eigenvalue weighted by Crippen LogP contribution is 2.40. The van der Waals surface area contributed by atoms with E-state index in [1.807, 2.05) is 0 Å². The molecule has 1 aliphatic rings. The third-order valence-corrected chi connectivity index (χ3v) is 6.14. The van der Waals surface area contributed by atoms with E-state index < -0.39 is 30.5 Å². The van der Waals surface area contributed by atoms with Crippen LogP contribution in [-0.2, 0) is 27.1 Å². The highest BCUT2D eigenvalue weighted by atomic mass is 32.1. The molecule has 0 saturated carbocycles. The molecule has 0 radical (unpaired) electrons. The molecule has 170 valence electrons. The van der Waals surface area contributed by atoms with Gasteiger partial charge in [0.05, 0.1) is 17.7 Å². The second-order valence-corrected chi connectivity index (χ2v) is 8.57. The predicted octanol–water partition coefficient (Wildman–Crippen LogP) is 3.34. The number of fused-ring (bicyclic) bond motifs is 1. The van der Waals surface area contributed by atoms with Gasteiger partial charge in [-0.1, -0.05) is 6.92 Å². The third-order valence-electron chi connectivity index (χ3n) is 4.97. The summed E-state index contributed by atoms with van der Waals surface area (Å²) in [6.45, 7) is 3.61. The number of primary amides is 1. The first-order valence-corrected chi connectivity index (χ1v) is 11.0. The average Bonchev–Trinajstić information content (AvgIpc) is 3.09. The SMILES string of the molecule is CCOC(=O)c1c(NC(=O)COC(=O)c2ccc(NC(N)=O)cc2)sc2c1CCC(C)C2. The number of ether oxygens (including phenoxy) is 2. The molecule has 1 heterocycles. The van der Waals surface area contributed by atoms with E-state index >= 15 is 0 Å². The standard InChI is InChI=1S/C22H25N3O6S/c1-3-30-21(28)18-15-9-4-12(2)10-16(15)32-19(18)25-17(26)11-31-20(27)13-5-7-14(8-6-13)24-22(23)29/h5-8,12H,3-4,9-11H2,1-2H3,(H,25,26)(H3,23,24,29). The van der Waals surface area contributed by atoms with Crippen LogP contribution in [0.15, 0.2) is 24.3 Å². The van der Waals surface area contributed by atoms with E-state index in [0.717, 1.165) is 29.7 Å². The van der Waals surface area contributed by atoms with Gasteiger partial charge in [-0.15, -0.1) is 11.3 Å². The van der Waals surface area contributed by atoms with Crippen LogP contribution in [0, 0.1) is 5.92 Å². The largest absolute Gasteiger partial charge is 0.462 e. The van der Waals surface area contributed by atoms with Gasteiger partial charge < -0.3 is 25.8 Å². The summed E-state index contributed by atoms with van der Waals surface area (Å²) in [7, 11) is 0. The van der Waals surface area contributed by atoms with Gasteiger partial charge in [0.1, 0.15) is 5.00 Å². The summed E-state index contributed by atoms with van der Waals surface area (Å²) in [6, 6.07) is 5.15. The molecule has 0 spiro atoms. The van der Waals surface area contributed by atoms with Gasteiger partial charge in [0, 0.05) is 10.6 Å². The fourth-order valence-electron chi connectivity index (χ4n) is 3.47. The summed E-state index contributed by atoms with van der Waals surface area (Å²) < 4.78 is 10.3. The number of anilines is 2. The number of rotatable bonds is 7. The molecule has 2 aromatic rings. The second kappa shape index (κ2) is 10.3. The molecule has 0 saturated heterocycles. The van der Waals surface area contributed by atoms with Gasteiger partial charge in [-0.2, -0.15) is 0 Å². The summed E-state index contributed by atoms with van der Waals surface area (Å²) in [5, 5.41) is 5.50. The van der Waals surface area contributed by atoms with Crippen molar-refractivity contribution in [1.82, 2.24) is 0 Å². The van der Waals surface area contributed by atoms with Crippen molar-refractivity contribution in [2.75, 3.05) is 23.8 Å². The molecule has 0 fully saturated rings. The molecule has 32 heavy (non-hydrogen) atoms. The molecule has 3 rings (SSSR count). The van der Waals surface area contributed by atoms with Crippen LogP contribution in [0.5, 0.6) is 0 Å². The zero-order valence-electron chi connectivity index (χ0n) is 17.9. The number of hydrogen-bond donors (Lipinski definition) is 3. The Bertz CT molecular complexity index is 1030. The summed E-state index contributed by atoms with van der Waals surface area (Å²) in [5.74, 6) is -1.21. The molecular weight excluding hydrogens is 434 g/mol. The molecule has 1 atom stereocenters. The third kappa shape index (κ3) is 5.64. The molecule has 0 aliphatic heterocycles. The van der Waals surface area contributed by atoms with Gasteiger partial charge in [-0.25, -0.2) is 14.4 Å². The highest BCUT2D eigenvalue weighted by Gasteiger charge is 2.29. The first-order valence-electron chi connectivity index (χ1n) is 10.2. The van der Waals surface area contributed by atoms with Crippen molar-refractivity contribution in [3.8, 4) is 0 Å². The van der Waals surface area contributed by atoms with Crippen LogP contribution in [0.2, 0.25) is 0 Å². The zero-order valence-corrected chi connectivity index (χ0v) is 18.7. The maximum absolute atomic E-state index is 12.5. The molecule has 1 unspecified atom stereocenters. The van der Waals surface area contributed by atoms with Crippen LogP contribution >= 0.6 is 11.3 Å². The fourth-order valence-corrected chi connectivity index (χ4v) is 4.88. The average molecular weight is 460 g/mol. The monoisotopic (exact) mass is 459 g/mol. The van der Waals surface area contributed by atoms with Crippen LogP contribution in [0.1, 0.15) is 51.4 Å². The van der Waals surface area contributed by atoms with Crippen LogP contribution in [0.3, 0.4) is 0 Å². The summed E-state index contributed by atoms with van der Waals surface area (Å²) in [6.07, 6.45) is 2.57. The lowest BCUT2D eigenvalue weighted by atomic mass is 9.88. The number of carbonyl (C=O) groups is 4. The van der Waals surface area contributed by atoms with E-state index in [0.29, 0.717) is 22.2 Å². The van der Waals surface area contributed by atoms with Crippen LogP contribution < -0.4 is 16.4 Å². The Hall–Kier alpha value is -3.40. The second-order valence-electron chi connectivity index (χ2n) is 7.47. The summed E-state index contributed by atoms with van der Waals surface area (Å²) in [5.41, 5.74) is 7.00. The Labute approximate surface area is 189 Å². The molecule has 0 bridgehead atoms. The van der Waals surface area contributed by atoms with Gasteiger partial charge in [0.15, 0.2) is 6.61 Å². The number of hydrogen-bond acceptors (Lipinski definition) is 7. The lowest BCUT2D eigenvalue weighted by Gasteiger charge is -2.18. The van der Waals surface area contributed by atoms with Crippen molar-refractivity contribution in [2.24, 2.45) is 11.7 Å². The first kappa shape index (κ1) is 23.3. The lowest BCUT2D eigenvalue weighted by molar-refractivity contribution is -0.119. The minimum absolute atomic E-state index is 0.209. The molecule has 4 N–H and O–H groups in total. The molecule has 10 heteroatoms. The van der Waals surface area contributed by atoms with Crippen molar-refractivity contribution >= 4 is 45.9 Å². The van der Waals surface area contributed by atoms with Gasteiger partial charge in [0.25, 0.3) is 5.91 Å². The topological polar surface area (TPSA) is 137 Å². The molecule has 3 amide bonds. The Morgan fingerprint density at radius 1 is 1.09 bits per heavy atom. The quantitative estimate of drug-likeness (QED) is 0.543. The number of nitrogens with two attached hydrogens (primary N) is 1. The van der Waals surface area contributed by atoms with Crippen LogP contribution in [0.4, 0.5) is 15.5 Å². The van der Waals surface area contributed by atoms with Gasteiger partial charge in [-0.3, -0.25) is 4.79 Å². The Morgan fingerprint density at radius 3 is 2.47 bits per heavy atom. The van der Waals surface area contributed by atoms with E-state index in [4.69, 9.17) is 15.2 Å². The molecule has 9 nitrogen and oxygen atoms in total. The number of nitrogens with one attached hydrogen (secondary N) is 2. The smallest absolute Gasteiger partial charge is 0.341 e. The summed E-state index contributed by atoms with van der Waals surface area (Å²) in [4.78, 5) is 49.1. The van der Waals surface area contributed by atoms with E-state index in [-0.39, 0.29) is 12.2 Å². The lowest BCUT2D eigenvalue weighted by Crippen LogP contribution is -2.22. The molecule has 1 aromatic heterocycles. The molecule has 1 aliphatic carbocycles. The van der Waals surface area contributed by atoms with Gasteiger partial charge >= 0.3 is 18.0 Å². The Kier molecular flexibility index (Phi) is 7.47. The fraction of sp³-hybridized carbons (Fsp3) is 0.364. The number of thiophene rings is 1. The molecule has 1 aromatic carbocycles. The zero-order chi connectivity index (χ0) is 23.3.